The number of likely N-dealkylation sites (tertiary alicyclic amines) is 1. The van der Waals surface area contributed by atoms with Gasteiger partial charge in [0.25, 0.3) is 5.91 Å². The number of piperidine rings is 1. The minimum atomic E-state index is -0.736. The standard InChI is InChI=1S/C29H36N2O8/c1-7-39-29(34)17-10-12-31(13-11-17)28(33)25-19-15-23(37-5)24(38-6)16-20(19)27(32)30(2)26(25)18-8-9-21(35-3)22(14-18)36-4/h8-9,14-17,25-26H,7,10-13H2,1-6H3/t25-,26-/m1/s1. The van der Waals surface area contributed by atoms with Crippen molar-refractivity contribution < 1.29 is 38.1 Å². The van der Waals surface area contributed by atoms with Crippen molar-refractivity contribution in [2.24, 2.45) is 5.92 Å². The first-order valence-electron chi connectivity index (χ1n) is 13.0. The summed E-state index contributed by atoms with van der Waals surface area (Å²) in [6.07, 6.45) is 1.04. The van der Waals surface area contributed by atoms with Crippen molar-refractivity contribution >= 4 is 17.8 Å². The minimum Gasteiger partial charge on any atom is -0.493 e. The van der Waals surface area contributed by atoms with Crippen LogP contribution in [0.5, 0.6) is 23.0 Å². The Bertz CT molecular complexity index is 1240. The molecule has 0 aromatic heterocycles. The monoisotopic (exact) mass is 540 g/mol. The number of esters is 1. The third kappa shape index (κ3) is 5.20. The molecule has 1 fully saturated rings. The molecule has 0 radical (unpaired) electrons. The van der Waals surface area contributed by atoms with Crippen molar-refractivity contribution in [3.8, 4) is 23.0 Å². The van der Waals surface area contributed by atoms with E-state index in [9.17, 15) is 14.4 Å². The number of fused-ring (bicyclic) bond motifs is 1. The van der Waals surface area contributed by atoms with Gasteiger partial charge >= 0.3 is 5.97 Å². The minimum absolute atomic E-state index is 0.134. The molecule has 0 unspecified atom stereocenters. The molecule has 0 N–H and O–H groups in total. The first-order valence-corrected chi connectivity index (χ1v) is 13.0. The maximum Gasteiger partial charge on any atom is 0.309 e. The lowest BCUT2D eigenvalue weighted by Gasteiger charge is -2.43. The highest BCUT2D eigenvalue weighted by Crippen LogP contribution is 2.47. The number of ether oxygens (including phenoxy) is 5. The summed E-state index contributed by atoms with van der Waals surface area (Å²) in [5, 5.41) is 0. The fraction of sp³-hybridized carbons (Fsp3) is 0.483. The van der Waals surface area contributed by atoms with Gasteiger partial charge in [-0.05, 0) is 55.2 Å². The molecule has 0 bridgehead atoms. The van der Waals surface area contributed by atoms with E-state index in [0.29, 0.717) is 66.7 Å². The number of carbonyl (C=O) groups excluding carboxylic acids is 3. The molecule has 10 heteroatoms. The van der Waals surface area contributed by atoms with E-state index in [1.807, 2.05) is 6.07 Å². The Hall–Kier alpha value is -3.95. The second-order valence-corrected chi connectivity index (χ2v) is 9.60. The number of likely N-dealkylation sites (N-methyl/N-ethyl adjacent to an activating group) is 1. The van der Waals surface area contributed by atoms with E-state index in [0.717, 1.165) is 5.56 Å². The number of amides is 2. The molecule has 2 aromatic carbocycles. The zero-order chi connectivity index (χ0) is 28.3. The van der Waals surface area contributed by atoms with Crippen LogP contribution in [0.15, 0.2) is 30.3 Å². The van der Waals surface area contributed by atoms with Gasteiger partial charge in [-0.25, -0.2) is 0 Å². The summed E-state index contributed by atoms with van der Waals surface area (Å²) in [7, 11) is 7.81. The summed E-state index contributed by atoms with van der Waals surface area (Å²) in [4.78, 5) is 43.6. The molecule has 4 rings (SSSR count). The van der Waals surface area contributed by atoms with E-state index in [-0.39, 0.29) is 23.7 Å². The molecule has 2 heterocycles. The van der Waals surface area contributed by atoms with Crippen molar-refractivity contribution in [1.29, 1.82) is 0 Å². The normalized spacial score (nSPS) is 19.3. The summed E-state index contributed by atoms with van der Waals surface area (Å²) in [6.45, 7) is 2.94. The highest BCUT2D eigenvalue weighted by Gasteiger charge is 2.46. The van der Waals surface area contributed by atoms with E-state index < -0.39 is 12.0 Å². The van der Waals surface area contributed by atoms with Gasteiger partial charge in [0.2, 0.25) is 5.91 Å². The van der Waals surface area contributed by atoms with Gasteiger partial charge in [-0.1, -0.05) is 6.07 Å². The van der Waals surface area contributed by atoms with Gasteiger partial charge in [-0.15, -0.1) is 0 Å². The van der Waals surface area contributed by atoms with Crippen molar-refractivity contribution in [1.82, 2.24) is 9.80 Å². The third-order valence-electron chi connectivity index (χ3n) is 7.62. The summed E-state index contributed by atoms with van der Waals surface area (Å²) in [6, 6.07) is 8.13. The van der Waals surface area contributed by atoms with Crippen LogP contribution in [-0.2, 0) is 14.3 Å². The smallest absolute Gasteiger partial charge is 0.309 e. The Kier molecular flexibility index (Phi) is 8.52. The van der Waals surface area contributed by atoms with Gasteiger partial charge < -0.3 is 33.5 Å². The molecule has 0 aliphatic carbocycles. The van der Waals surface area contributed by atoms with Crippen molar-refractivity contribution in [2.45, 2.75) is 31.7 Å². The molecule has 2 amide bonds. The van der Waals surface area contributed by atoms with Crippen LogP contribution in [0, 0.1) is 5.92 Å². The predicted molar refractivity (Wildman–Crippen MR) is 143 cm³/mol. The average Bonchev–Trinajstić information content (AvgIpc) is 2.97. The van der Waals surface area contributed by atoms with Gasteiger partial charge in [0.15, 0.2) is 23.0 Å². The number of methoxy groups -OCH3 is 4. The lowest BCUT2D eigenvalue weighted by atomic mass is 9.78. The number of hydrogen-bond acceptors (Lipinski definition) is 8. The predicted octanol–water partition coefficient (Wildman–Crippen LogP) is 3.43. The molecular weight excluding hydrogens is 504 g/mol. The lowest BCUT2D eigenvalue weighted by molar-refractivity contribution is -0.151. The lowest BCUT2D eigenvalue weighted by Crippen LogP contribution is -2.49. The Balaban J connectivity index is 1.80. The van der Waals surface area contributed by atoms with E-state index in [2.05, 4.69) is 0 Å². The summed E-state index contributed by atoms with van der Waals surface area (Å²) >= 11 is 0. The van der Waals surface area contributed by atoms with E-state index in [4.69, 9.17) is 23.7 Å². The second kappa shape index (κ2) is 11.8. The van der Waals surface area contributed by atoms with Gasteiger partial charge in [0.05, 0.1) is 52.9 Å². The van der Waals surface area contributed by atoms with E-state index in [1.54, 1.807) is 62.3 Å². The third-order valence-corrected chi connectivity index (χ3v) is 7.62. The molecule has 0 saturated carbocycles. The van der Waals surface area contributed by atoms with Crippen LogP contribution in [0.25, 0.3) is 0 Å². The van der Waals surface area contributed by atoms with Gasteiger partial charge in [0, 0.05) is 25.7 Å². The fourth-order valence-electron chi connectivity index (χ4n) is 5.56. The van der Waals surface area contributed by atoms with E-state index >= 15 is 0 Å². The molecule has 2 atom stereocenters. The Morgan fingerprint density at radius 1 is 0.872 bits per heavy atom. The van der Waals surface area contributed by atoms with Crippen LogP contribution >= 0.6 is 0 Å². The molecular formula is C29H36N2O8. The Morgan fingerprint density at radius 3 is 2.05 bits per heavy atom. The summed E-state index contributed by atoms with van der Waals surface area (Å²) in [5.74, 6) is 0.306. The van der Waals surface area contributed by atoms with Gasteiger partial charge in [-0.2, -0.15) is 0 Å². The van der Waals surface area contributed by atoms with Crippen LogP contribution in [0.3, 0.4) is 0 Å². The van der Waals surface area contributed by atoms with Crippen LogP contribution in [0.1, 0.15) is 53.2 Å². The molecule has 1 saturated heterocycles. The average molecular weight is 541 g/mol. The number of hydrogen-bond donors (Lipinski definition) is 0. The first-order chi connectivity index (χ1) is 18.8. The highest BCUT2D eigenvalue weighted by molar-refractivity contribution is 6.02. The molecule has 210 valence electrons. The van der Waals surface area contributed by atoms with Gasteiger partial charge in [-0.3, -0.25) is 14.4 Å². The Labute approximate surface area is 228 Å². The zero-order valence-corrected chi connectivity index (χ0v) is 23.3. The van der Waals surface area contributed by atoms with Crippen LogP contribution in [0.4, 0.5) is 0 Å². The van der Waals surface area contributed by atoms with Crippen LogP contribution < -0.4 is 18.9 Å². The SMILES string of the molecule is CCOC(=O)C1CCN(C(=O)[C@@H]2c3cc(OC)c(OC)cc3C(=O)N(C)[C@@H]2c2ccc(OC)c(OC)c2)CC1. The number of nitrogens with zero attached hydrogens (tertiary/aromatic N) is 2. The molecule has 2 aliphatic heterocycles. The number of rotatable bonds is 8. The zero-order valence-electron chi connectivity index (χ0n) is 23.3. The molecule has 10 nitrogen and oxygen atoms in total. The molecule has 39 heavy (non-hydrogen) atoms. The van der Waals surface area contributed by atoms with Crippen molar-refractivity contribution in [3.05, 3.63) is 47.0 Å². The quantitative estimate of drug-likeness (QED) is 0.469. The highest BCUT2D eigenvalue weighted by atomic mass is 16.5. The summed E-state index contributed by atoms with van der Waals surface area (Å²) in [5.41, 5.74) is 1.67. The molecule has 0 spiro atoms. The van der Waals surface area contributed by atoms with Crippen molar-refractivity contribution in [3.63, 3.8) is 0 Å². The summed E-state index contributed by atoms with van der Waals surface area (Å²) < 4.78 is 27.1. The van der Waals surface area contributed by atoms with Crippen molar-refractivity contribution in [2.75, 3.05) is 55.2 Å². The maximum atomic E-state index is 14.3. The van der Waals surface area contributed by atoms with Crippen LogP contribution in [-0.4, -0.2) is 82.8 Å². The largest absolute Gasteiger partial charge is 0.493 e. The van der Waals surface area contributed by atoms with Crippen LogP contribution in [0.2, 0.25) is 0 Å². The van der Waals surface area contributed by atoms with E-state index in [1.165, 1.54) is 14.2 Å². The maximum absolute atomic E-state index is 14.3. The topological polar surface area (TPSA) is 104 Å². The second-order valence-electron chi connectivity index (χ2n) is 9.60. The number of carbonyl (C=O) groups is 3. The molecule has 2 aromatic rings. The fourth-order valence-corrected chi connectivity index (χ4v) is 5.56. The first kappa shape index (κ1) is 28.1. The molecule has 2 aliphatic rings. The van der Waals surface area contributed by atoms with Gasteiger partial charge in [0.1, 0.15) is 0 Å². The number of benzene rings is 2. The Morgan fingerprint density at radius 2 is 1.46 bits per heavy atom.